The zero-order valence-corrected chi connectivity index (χ0v) is 22.1. The van der Waals surface area contributed by atoms with Crippen LogP contribution in [0.1, 0.15) is 51.3 Å². The summed E-state index contributed by atoms with van der Waals surface area (Å²) in [5.74, 6) is 0.345. The fourth-order valence-electron chi connectivity index (χ4n) is 6.28. The summed E-state index contributed by atoms with van der Waals surface area (Å²) >= 11 is 2.72. The minimum Gasteiger partial charge on any atom is -0.375 e. The minimum atomic E-state index is -0.511. The van der Waals surface area contributed by atoms with Gasteiger partial charge in [-0.05, 0) is 55.2 Å². The van der Waals surface area contributed by atoms with Crippen LogP contribution in [0.25, 0.3) is 15.4 Å². The molecule has 1 unspecified atom stereocenters. The van der Waals surface area contributed by atoms with Gasteiger partial charge in [0.2, 0.25) is 0 Å². The number of nitrogens with two attached hydrogens (primary N) is 2. The maximum atomic E-state index is 14.0. The molecule has 37 heavy (non-hydrogen) atoms. The predicted molar refractivity (Wildman–Crippen MR) is 142 cm³/mol. The van der Waals surface area contributed by atoms with E-state index in [0.29, 0.717) is 57.5 Å². The third-order valence-electron chi connectivity index (χ3n) is 7.70. The van der Waals surface area contributed by atoms with E-state index in [1.54, 1.807) is 23.5 Å². The standard InChI is InChI=1S/C26H27FN6O2S2/c1-12-6-15-10-32(24(35)20-22(37-25(29)31-20)14-4-3-5-16(27)8-14)19(18(15)7-12)9-17-11-33-21(23(28)34)13(2)30-26(33)36-17/h3-5,8,11-12,15,18-19H,6-7,9-10H2,1-2H3,(H2,28,34)(H2,29,31)/t12?,15-,18-,19-/m0/s1. The fourth-order valence-corrected chi connectivity index (χ4v) is 8.17. The van der Waals surface area contributed by atoms with Gasteiger partial charge in [0.25, 0.3) is 11.8 Å². The number of thiazole rings is 2. The van der Waals surface area contributed by atoms with E-state index in [0.717, 1.165) is 17.7 Å². The number of fused-ring (bicyclic) bond motifs is 2. The number of likely N-dealkylation sites (tertiary alicyclic amines) is 1. The molecule has 1 aliphatic heterocycles. The number of aryl methyl sites for hydroxylation is 1. The van der Waals surface area contributed by atoms with Crippen molar-refractivity contribution in [2.75, 3.05) is 12.3 Å². The van der Waals surface area contributed by atoms with Crippen molar-refractivity contribution in [2.24, 2.45) is 23.5 Å². The number of hydrogen-bond donors (Lipinski definition) is 2. The molecule has 4 N–H and O–H groups in total. The van der Waals surface area contributed by atoms with Gasteiger partial charge < -0.3 is 16.4 Å². The molecule has 6 rings (SSSR count). The maximum absolute atomic E-state index is 14.0. The largest absolute Gasteiger partial charge is 0.375 e. The van der Waals surface area contributed by atoms with Gasteiger partial charge in [-0.15, -0.1) is 11.3 Å². The first-order valence-corrected chi connectivity index (χ1v) is 13.9. The number of halogens is 1. The van der Waals surface area contributed by atoms with Crippen LogP contribution >= 0.6 is 22.7 Å². The van der Waals surface area contributed by atoms with Crippen molar-refractivity contribution in [1.82, 2.24) is 19.3 Å². The molecule has 192 valence electrons. The topological polar surface area (TPSA) is 120 Å². The van der Waals surface area contributed by atoms with Crippen molar-refractivity contribution in [3.8, 4) is 10.4 Å². The summed E-state index contributed by atoms with van der Waals surface area (Å²) in [7, 11) is 0. The van der Waals surface area contributed by atoms with Gasteiger partial charge >= 0.3 is 0 Å². The van der Waals surface area contributed by atoms with Crippen LogP contribution < -0.4 is 11.5 Å². The average Bonchev–Trinajstić information content (AvgIpc) is 3.61. The Labute approximate surface area is 221 Å². The predicted octanol–water partition coefficient (Wildman–Crippen LogP) is 4.38. The van der Waals surface area contributed by atoms with Crippen LogP contribution in [0.2, 0.25) is 0 Å². The number of anilines is 1. The Morgan fingerprint density at radius 2 is 2.03 bits per heavy atom. The second-order valence-corrected chi connectivity index (χ2v) is 12.4. The first-order valence-electron chi connectivity index (χ1n) is 12.3. The minimum absolute atomic E-state index is 0.0211. The van der Waals surface area contributed by atoms with Crippen molar-refractivity contribution >= 4 is 44.6 Å². The van der Waals surface area contributed by atoms with Crippen molar-refractivity contribution < 1.29 is 14.0 Å². The Balaban J connectivity index is 1.36. The van der Waals surface area contributed by atoms with Gasteiger partial charge in [-0.1, -0.05) is 30.4 Å². The number of aromatic nitrogens is 3. The number of rotatable bonds is 5. The SMILES string of the molecule is Cc1nc2sc(C[C@H]3[C@H]4CC(C)C[C@H]4CN3C(=O)c3nc(N)sc3-c3cccc(F)c3)cn2c1C(N)=O. The summed E-state index contributed by atoms with van der Waals surface area (Å²) in [5.41, 5.74) is 13.5. The molecule has 1 saturated heterocycles. The molecule has 4 atom stereocenters. The van der Waals surface area contributed by atoms with Crippen LogP contribution in [0.15, 0.2) is 30.5 Å². The molecule has 2 amide bonds. The van der Waals surface area contributed by atoms with Crippen molar-refractivity contribution in [3.63, 3.8) is 0 Å². The van der Waals surface area contributed by atoms with E-state index in [-0.39, 0.29) is 28.6 Å². The van der Waals surface area contributed by atoms with Crippen molar-refractivity contribution in [1.29, 1.82) is 0 Å². The maximum Gasteiger partial charge on any atom is 0.274 e. The number of hydrogen-bond acceptors (Lipinski definition) is 7. The number of carbonyl (C=O) groups is 2. The average molecular weight is 539 g/mol. The lowest BCUT2D eigenvalue weighted by Gasteiger charge is -2.28. The van der Waals surface area contributed by atoms with Gasteiger partial charge in [-0.3, -0.25) is 14.0 Å². The molecule has 0 spiro atoms. The van der Waals surface area contributed by atoms with E-state index in [1.807, 2.05) is 11.1 Å². The molecule has 1 aliphatic carbocycles. The van der Waals surface area contributed by atoms with Gasteiger partial charge in [0.1, 0.15) is 17.2 Å². The molecule has 4 aromatic rings. The van der Waals surface area contributed by atoms with Crippen LogP contribution in [-0.2, 0) is 6.42 Å². The summed E-state index contributed by atoms with van der Waals surface area (Å²) in [6.07, 6.45) is 4.72. The summed E-state index contributed by atoms with van der Waals surface area (Å²) < 4.78 is 15.7. The van der Waals surface area contributed by atoms with E-state index in [2.05, 4.69) is 16.9 Å². The highest BCUT2D eigenvalue weighted by molar-refractivity contribution is 7.19. The van der Waals surface area contributed by atoms with Gasteiger partial charge in [-0.2, -0.15) is 0 Å². The van der Waals surface area contributed by atoms with E-state index in [1.165, 1.54) is 34.8 Å². The zero-order valence-electron chi connectivity index (χ0n) is 20.5. The molecule has 2 aliphatic rings. The second-order valence-electron chi connectivity index (χ2n) is 10.2. The van der Waals surface area contributed by atoms with Crippen molar-refractivity contribution in [2.45, 2.75) is 39.2 Å². The molecule has 3 aromatic heterocycles. The van der Waals surface area contributed by atoms with Crippen molar-refractivity contribution in [3.05, 3.63) is 58.2 Å². The zero-order chi connectivity index (χ0) is 26.0. The van der Waals surface area contributed by atoms with Crippen LogP contribution in [0.5, 0.6) is 0 Å². The van der Waals surface area contributed by atoms with Crippen LogP contribution in [-0.4, -0.2) is 43.7 Å². The monoisotopic (exact) mass is 538 g/mol. The number of imidazole rings is 1. The van der Waals surface area contributed by atoms with E-state index < -0.39 is 5.91 Å². The summed E-state index contributed by atoms with van der Waals surface area (Å²) in [5, 5.41) is 0.279. The number of benzene rings is 1. The van der Waals surface area contributed by atoms with Crippen LogP contribution in [0, 0.1) is 30.5 Å². The highest BCUT2D eigenvalue weighted by Gasteiger charge is 2.48. The van der Waals surface area contributed by atoms with Gasteiger partial charge in [0.15, 0.2) is 10.1 Å². The highest BCUT2D eigenvalue weighted by atomic mass is 32.1. The lowest BCUT2D eigenvalue weighted by Crippen LogP contribution is -2.40. The van der Waals surface area contributed by atoms with Gasteiger partial charge in [0, 0.05) is 30.1 Å². The van der Waals surface area contributed by atoms with E-state index in [9.17, 15) is 14.0 Å². The Kier molecular flexibility index (Phi) is 5.79. The van der Waals surface area contributed by atoms with Crippen LogP contribution in [0.3, 0.4) is 0 Å². The highest BCUT2D eigenvalue weighted by Crippen LogP contribution is 2.47. The molecular formula is C26H27FN6O2S2. The summed E-state index contributed by atoms with van der Waals surface area (Å²) in [4.78, 5) is 39.2. The smallest absolute Gasteiger partial charge is 0.274 e. The molecule has 1 aromatic carbocycles. The Morgan fingerprint density at radius 3 is 2.78 bits per heavy atom. The molecule has 4 heterocycles. The number of carbonyl (C=O) groups excluding carboxylic acids is 2. The quantitative estimate of drug-likeness (QED) is 0.391. The number of nitrogen functional groups attached to an aromatic ring is 1. The first kappa shape index (κ1) is 24.1. The Bertz CT molecular complexity index is 1540. The third kappa shape index (κ3) is 4.10. The number of amides is 2. The Hall–Kier alpha value is -3.31. The van der Waals surface area contributed by atoms with E-state index in [4.69, 9.17) is 11.5 Å². The normalized spacial score (nSPS) is 23.2. The lowest BCUT2D eigenvalue weighted by atomic mass is 9.91. The molecule has 0 radical (unpaired) electrons. The molecule has 2 fully saturated rings. The first-order chi connectivity index (χ1) is 17.7. The lowest BCUT2D eigenvalue weighted by molar-refractivity contribution is 0.0705. The second kappa shape index (κ2) is 8.91. The number of primary amides is 1. The molecule has 0 bridgehead atoms. The van der Waals surface area contributed by atoms with E-state index >= 15 is 0 Å². The van der Waals surface area contributed by atoms with Gasteiger partial charge in [-0.25, -0.2) is 14.4 Å². The molecular weight excluding hydrogens is 511 g/mol. The summed E-state index contributed by atoms with van der Waals surface area (Å²) in [6.45, 7) is 4.70. The summed E-state index contributed by atoms with van der Waals surface area (Å²) in [6, 6.07) is 6.14. The number of nitrogens with zero attached hydrogens (tertiary/aromatic N) is 4. The van der Waals surface area contributed by atoms with Crippen LogP contribution in [0.4, 0.5) is 9.52 Å². The van der Waals surface area contributed by atoms with Gasteiger partial charge in [0.05, 0.1) is 10.6 Å². The third-order valence-corrected chi connectivity index (χ3v) is 9.64. The molecule has 1 saturated carbocycles. The molecule has 8 nitrogen and oxygen atoms in total. The Morgan fingerprint density at radius 1 is 1.22 bits per heavy atom. The fraction of sp³-hybridized carbons (Fsp3) is 0.385. The molecule has 11 heteroatoms.